The molecule has 0 N–H and O–H groups in total. The summed E-state index contributed by atoms with van der Waals surface area (Å²) < 4.78 is 16.7. The highest BCUT2D eigenvalue weighted by Gasteiger charge is 2.19. The lowest BCUT2D eigenvalue weighted by Gasteiger charge is -2.18. The van der Waals surface area contributed by atoms with Crippen molar-refractivity contribution in [1.82, 2.24) is 0 Å². The van der Waals surface area contributed by atoms with Gasteiger partial charge in [-0.05, 0) is 135 Å². The Morgan fingerprint density at radius 1 is 0.299 bits per heavy atom. The summed E-state index contributed by atoms with van der Waals surface area (Å²) in [4.78, 5) is 38.0. The third-order valence-electron chi connectivity index (χ3n) is 10.9. The van der Waals surface area contributed by atoms with E-state index in [0.717, 1.165) is 96.3 Å². The lowest BCUT2D eigenvalue weighted by atomic mass is 10.1. The molecule has 0 bridgehead atoms. The Morgan fingerprint density at radius 2 is 0.552 bits per heavy atom. The molecule has 0 rings (SSSR count). The molecule has 0 spiro atoms. The quantitative estimate of drug-likeness (QED) is 0.0262. The Morgan fingerprint density at radius 3 is 0.910 bits per heavy atom. The van der Waals surface area contributed by atoms with Crippen molar-refractivity contribution >= 4 is 17.9 Å². The van der Waals surface area contributed by atoms with Gasteiger partial charge >= 0.3 is 17.9 Å². The molecule has 0 aliphatic carbocycles. The highest BCUT2D eigenvalue weighted by atomic mass is 16.6. The van der Waals surface area contributed by atoms with E-state index in [1.165, 1.54) is 77.0 Å². The van der Waals surface area contributed by atoms with Gasteiger partial charge in [0.1, 0.15) is 13.2 Å². The van der Waals surface area contributed by atoms with Crippen molar-refractivity contribution in [2.45, 2.75) is 232 Å². The molecule has 0 unspecified atom stereocenters. The van der Waals surface area contributed by atoms with E-state index in [0.29, 0.717) is 19.3 Å². The van der Waals surface area contributed by atoms with Crippen molar-refractivity contribution in [3.8, 4) is 0 Å². The average Bonchev–Trinajstić information content (AvgIpc) is 3.33. The lowest BCUT2D eigenvalue weighted by molar-refractivity contribution is -0.167. The molecule has 378 valence electrons. The van der Waals surface area contributed by atoms with Gasteiger partial charge < -0.3 is 14.2 Å². The van der Waals surface area contributed by atoms with E-state index in [1.54, 1.807) is 0 Å². The van der Waals surface area contributed by atoms with Crippen molar-refractivity contribution in [3.05, 3.63) is 122 Å². The van der Waals surface area contributed by atoms with Crippen LogP contribution in [0.2, 0.25) is 0 Å². The fraction of sp³-hybridized carbons (Fsp3) is 0.623. The van der Waals surface area contributed by atoms with Crippen LogP contribution in [-0.2, 0) is 28.6 Å². The molecule has 1 atom stereocenters. The van der Waals surface area contributed by atoms with Crippen LogP contribution in [0.1, 0.15) is 226 Å². The van der Waals surface area contributed by atoms with Crippen molar-refractivity contribution < 1.29 is 28.6 Å². The molecular weight excluding hydrogens is 829 g/mol. The number of ether oxygens (including phenoxy) is 3. The first kappa shape index (κ1) is 62.8. The summed E-state index contributed by atoms with van der Waals surface area (Å²) >= 11 is 0. The number of esters is 3. The van der Waals surface area contributed by atoms with Crippen LogP contribution in [0.15, 0.2) is 122 Å². The molecule has 0 radical (unpaired) electrons. The van der Waals surface area contributed by atoms with E-state index in [1.807, 2.05) is 0 Å². The van der Waals surface area contributed by atoms with E-state index in [2.05, 4.69) is 142 Å². The topological polar surface area (TPSA) is 78.9 Å². The predicted molar refractivity (Wildman–Crippen MR) is 288 cm³/mol. The molecule has 0 fully saturated rings. The summed E-state index contributed by atoms with van der Waals surface area (Å²) in [5.41, 5.74) is 0. The number of hydrogen-bond donors (Lipinski definition) is 0. The number of carbonyl (C=O) groups is 3. The summed E-state index contributed by atoms with van der Waals surface area (Å²) in [6.07, 6.45) is 74.7. The zero-order chi connectivity index (χ0) is 48.6. The van der Waals surface area contributed by atoms with Gasteiger partial charge in [-0.15, -0.1) is 0 Å². The minimum atomic E-state index is -0.833. The molecule has 0 aromatic rings. The molecule has 0 aliphatic rings. The van der Waals surface area contributed by atoms with Gasteiger partial charge in [-0.1, -0.05) is 194 Å². The fourth-order valence-corrected chi connectivity index (χ4v) is 6.80. The van der Waals surface area contributed by atoms with E-state index in [9.17, 15) is 14.4 Å². The first-order valence-corrected chi connectivity index (χ1v) is 27.0. The number of carbonyl (C=O) groups excluding carboxylic acids is 3. The largest absolute Gasteiger partial charge is 0.462 e. The zero-order valence-corrected chi connectivity index (χ0v) is 43.1. The van der Waals surface area contributed by atoms with Crippen molar-refractivity contribution in [3.63, 3.8) is 0 Å². The average molecular weight is 927 g/mol. The minimum absolute atomic E-state index is 0.126. The molecule has 0 heterocycles. The van der Waals surface area contributed by atoms with Crippen LogP contribution in [-0.4, -0.2) is 37.2 Å². The van der Waals surface area contributed by atoms with Crippen LogP contribution >= 0.6 is 0 Å². The summed E-state index contributed by atoms with van der Waals surface area (Å²) in [6, 6.07) is 0. The van der Waals surface area contributed by atoms with Crippen molar-refractivity contribution in [1.29, 1.82) is 0 Å². The van der Waals surface area contributed by atoms with Gasteiger partial charge in [0, 0.05) is 19.3 Å². The van der Waals surface area contributed by atoms with Gasteiger partial charge in [-0.2, -0.15) is 0 Å². The molecule has 0 saturated heterocycles. The molecule has 0 aliphatic heterocycles. The van der Waals surface area contributed by atoms with Crippen LogP contribution in [0.4, 0.5) is 0 Å². The number of unbranched alkanes of at least 4 members (excludes halogenated alkanes) is 16. The molecule has 0 aromatic carbocycles. The standard InChI is InChI=1S/C61H98O6/c1-4-7-10-13-16-19-22-25-28-30-33-35-38-41-44-47-50-53-59(62)65-56-58(67-61(64)55-52-49-46-43-40-37-32-27-24-21-18-15-12-9-6-3)57-66-60(63)54-51-48-45-42-39-36-34-31-29-26-23-20-17-14-11-8-5-2/h16-21,25-29,32-36,40-41,43-44,58H,4-15,22-24,30-31,37-39,42,45-57H2,1-3H3/b19-16-,20-17-,21-18-,28-25-,29-26-,32-27-,35-33-,36-34-,43-40-,44-41-/t58-/m1/s1. The van der Waals surface area contributed by atoms with Crippen LogP contribution in [0.3, 0.4) is 0 Å². The van der Waals surface area contributed by atoms with Crippen LogP contribution in [0, 0.1) is 0 Å². The third-order valence-corrected chi connectivity index (χ3v) is 10.9. The second kappa shape index (κ2) is 54.4. The molecular formula is C61H98O6. The van der Waals surface area contributed by atoms with Crippen LogP contribution < -0.4 is 0 Å². The molecule has 0 aromatic heterocycles. The van der Waals surface area contributed by atoms with Gasteiger partial charge in [0.25, 0.3) is 0 Å². The van der Waals surface area contributed by atoms with E-state index in [-0.39, 0.29) is 44.0 Å². The van der Waals surface area contributed by atoms with Gasteiger partial charge in [0.05, 0.1) is 0 Å². The Hall–Kier alpha value is -4.19. The highest BCUT2D eigenvalue weighted by molar-refractivity contribution is 5.71. The first-order valence-electron chi connectivity index (χ1n) is 27.0. The number of allylic oxidation sites excluding steroid dienone is 20. The molecule has 6 nitrogen and oxygen atoms in total. The molecule has 67 heavy (non-hydrogen) atoms. The maximum Gasteiger partial charge on any atom is 0.306 e. The van der Waals surface area contributed by atoms with E-state index in [4.69, 9.17) is 14.2 Å². The van der Waals surface area contributed by atoms with Crippen molar-refractivity contribution in [2.75, 3.05) is 13.2 Å². The van der Waals surface area contributed by atoms with E-state index < -0.39 is 6.10 Å². The molecule has 6 heteroatoms. The second-order valence-corrected chi connectivity index (χ2v) is 17.4. The molecule has 0 amide bonds. The second-order valence-electron chi connectivity index (χ2n) is 17.4. The Labute approximate surface area is 412 Å². The summed E-state index contributed by atoms with van der Waals surface area (Å²) in [5, 5.41) is 0. The fourth-order valence-electron chi connectivity index (χ4n) is 6.80. The zero-order valence-electron chi connectivity index (χ0n) is 43.1. The number of hydrogen-bond acceptors (Lipinski definition) is 6. The minimum Gasteiger partial charge on any atom is -0.462 e. The molecule has 0 saturated carbocycles. The lowest BCUT2D eigenvalue weighted by Crippen LogP contribution is -2.30. The van der Waals surface area contributed by atoms with Crippen LogP contribution in [0.25, 0.3) is 0 Å². The predicted octanol–water partition coefficient (Wildman–Crippen LogP) is 18.1. The first-order chi connectivity index (χ1) is 33.0. The van der Waals surface area contributed by atoms with Gasteiger partial charge in [-0.3, -0.25) is 14.4 Å². The monoisotopic (exact) mass is 927 g/mol. The van der Waals surface area contributed by atoms with Gasteiger partial charge in [0.2, 0.25) is 0 Å². The van der Waals surface area contributed by atoms with Gasteiger partial charge in [0.15, 0.2) is 6.10 Å². The van der Waals surface area contributed by atoms with E-state index >= 15 is 0 Å². The maximum atomic E-state index is 12.8. The Bertz CT molecular complexity index is 1440. The maximum absolute atomic E-state index is 12.8. The number of rotatable bonds is 47. The Balaban J connectivity index is 4.59. The smallest absolute Gasteiger partial charge is 0.306 e. The van der Waals surface area contributed by atoms with Crippen LogP contribution in [0.5, 0.6) is 0 Å². The Kier molecular flexibility index (Phi) is 51.0. The normalized spacial score (nSPS) is 13.1. The highest BCUT2D eigenvalue weighted by Crippen LogP contribution is 2.11. The van der Waals surface area contributed by atoms with Crippen molar-refractivity contribution in [2.24, 2.45) is 0 Å². The van der Waals surface area contributed by atoms with Gasteiger partial charge in [-0.25, -0.2) is 0 Å². The summed E-state index contributed by atoms with van der Waals surface area (Å²) in [5.74, 6) is -1.05. The SMILES string of the molecule is CCCCC/C=C\C/C=C\C/C=C\C/C=C\CCCC(=O)OC[C@H](COC(=O)CCCCCC/C=C\C/C=C\C/C=C\CCCCC)OC(=O)CCCC/C=C\C/C=C\C/C=C\CCCCC. The summed E-state index contributed by atoms with van der Waals surface area (Å²) in [6.45, 7) is 6.44. The summed E-state index contributed by atoms with van der Waals surface area (Å²) in [7, 11) is 0. The third kappa shape index (κ3) is 52.6.